The summed E-state index contributed by atoms with van der Waals surface area (Å²) in [6, 6.07) is 88.9. The van der Waals surface area contributed by atoms with E-state index in [1.54, 1.807) is 0 Å². The van der Waals surface area contributed by atoms with Crippen LogP contribution in [0.15, 0.2) is 247 Å². The summed E-state index contributed by atoms with van der Waals surface area (Å²) in [7, 11) is 0. The molecule has 1 aromatic heterocycles. The van der Waals surface area contributed by atoms with Gasteiger partial charge in [-0.05, 0) is 99.1 Å². The lowest BCUT2D eigenvalue weighted by Gasteiger charge is -2.42. The van der Waals surface area contributed by atoms with Gasteiger partial charge in [0.05, 0.1) is 22.5 Å². The van der Waals surface area contributed by atoms with Gasteiger partial charge < -0.3 is 14.2 Å². The zero-order valence-corrected chi connectivity index (χ0v) is 36.6. The molecule has 314 valence electrons. The fourth-order valence-electron chi connectivity index (χ4n) is 11.8. The Morgan fingerprint density at radius 3 is 1.28 bits per heavy atom. The number of para-hydroxylation sites is 3. The highest BCUT2D eigenvalue weighted by Gasteiger charge is 2.50. The number of hydrogen-bond acceptors (Lipinski definition) is 3. The van der Waals surface area contributed by atoms with E-state index in [0.29, 0.717) is 0 Å². The molecule has 14 rings (SSSR count). The number of nitrogens with zero attached hydrogens (tertiary/aromatic N) is 2. The minimum atomic E-state index is -0.483. The molecule has 0 N–H and O–H groups in total. The molecule has 67 heavy (non-hydrogen) atoms. The second-order valence-electron chi connectivity index (χ2n) is 17.9. The smallest absolute Gasteiger partial charge is 0.143 e. The molecule has 3 nitrogen and oxygen atoms in total. The topological polar surface area (TPSA) is 19.6 Å². The maximum Gasteiger partial charge on any atom is 0.143 e. The number of furan rings is 1. The number of hydrogen-bond donors (Lipinski definition) is 0. The predicted octanol–water partition coefficient (Wildman–Crippen LogP) is 17.1. The second-order valence-corrected chi connectivity index (χ2v) is 17.9. The van der Waals surface area contributed by atoms with Gasteiger partial charge in [0.2, 0.25) is 0 Å². The van der Waals surface area contributed by atoms with Gasteiger partial charge in [-0.15, -0.1) is 0 Å². The average Bonchev–Trinajstić information content (AvgIpc) is 3.92. The zero-order chi connectivity index (χ0) is 44.1. The third-order valence-corrected chi connectivity index (χ3v) is 14.5. The van der Waals surface area contributed by atoms with Crippen LogP contribution in [0.4, 0.5) is 34.1 Å². The molecule has 3 heteroatoms. The van der Waals surface area contributed by atoms with Crippen LogP contribution < -0.4 is 9.80 Å². The summed E-state index contributed by atoms with van der Waals surface area (Å²) in [5.74, 6) is 0. The molecule has 0 bridgehead atoms. The van der Waals surface area contributed by atoms with Gasteiger partial charge in [-0.2, -0.15) is 0 Å². The largest absolute Gasteiger partial charge is 0.455 e. The molecule has 12 aromatic rings. The van der Waals surface area contributed by atoms with Gasteiger partial charge in [-0.3, -0.25) is 0 Å². The van der Waals surface area contributed by atoms with E-state index in [1.807, 2.05) is 0 Å². The van der Waals surface area contributed by atoms with E-state index in [9.17, 15) is 0 Å². The maximum atomic E-state index is 7.19. The van der Waals surface area contributed by atoms with Crippen LogP contribution in [0.3, 0.4) is 0 Å². The molecule has 0 fully saturated rings. The van der Waals surface area contributed by atoms with Crippen molar-refractivity contribution in [1.82, 2.24) is 0 Å². The molecule has 0 amide bonds. The van der Waals surface area contributed by atoms with E-state index in [2.05, 4.69) is 252 Å². The van der Waals surface area contributed by atoms with Gasteiger partial charge in [0.25, 0.3) is 0 Å². The monoisotopic (exact) mass is 854 g/mol. The molecule has 0 radical (unpaired) electrons. The summed E-state index contributed by atoms with van der Waals surface area (Å²) in [5, 5.41) is 6.54. The van der Waals surface area contributed by atoms with Crippen LogP contribution in [0.2, 0.25) is 0 Å². The Morgan fingerprint density at radius 2 is 0.731 bits per heavy atom. The fourth-order valence-corrected chi connectivity index (χ4v) is 11.8. The number of benzene rings is 11. The summed E-state index contributed by atoms with van der Waals surface area (Å²) in [4.78, 5) is 4.90. The molecular weight excluding hydrogens is 813 g/mol. The van der Waals surface area contributed by atoms with Crippen molar-refractivity contribution in [2.24, 2.45) is 0 Å². The van der Waals surface area contributed by atoms with Crippen molar-refractivity contribution in [3.05, 3.63) is 276 Å². The van der Waals surface area contributed by atoms with Gasteiger partial charge in [0.1, 0.15) is 11.2 Å². The Kier molecular flexibility index (Phi) is 8.26. The van der Waals surface area contributed by atoms with Crippen molar-refractivity contribution >= 4 is 77.6 Å². The molecule has 2 aliphatic rings. The van der Waals surface area contributed by atoms with Crippen molar-refractivity contribution < 1.29 is 4.42 Å². The first-order valence-corrected chi connectivity index (χ1v) is 23.2. The van der Waals surface area contributed by atoms with Crippen LogP contribution in [0, 0.1) is 0 Å². The molecule has 0 saturated heterocycles. The standard InChI is InChI=1S/C64H42N2O/c1-4-22-43(23-5-1)65(44-24-6-2-7-25-44)60-40-52-53-41-61(49-31-12-14-33-51(49)63(53)67-62(52)50-32-13-11-30-48(50)60)66(45-26-8-3-9-27-45)59-38-20-37-58-54(59)39-42-21-10-17-34-55(42)64(58)56-35-18-15-28-46(56)47-29-16-19-36-57(47)64/h1-38,40-41H,39H2. The highest BCUT2D eigenvalue weighted by Crippen LogP contribution is 2.61. The fraction of sp³-hybridized carbons (Fsp3) is 0.0312. The Labute approximate surface area is 389 Å². The van der Waals surface area contributed by atoms with Crippen molar-refractivity contribution in [1.29, 1.82) is 0 Å². The molecule has 0 atom stereocenters. The Bertz CT molecular complexity index is 3830. The van der Waals surface area contributed by atoms with E-state index in [0.717, 1.165) is 78.3 Å². The average molecular weight is 855 g/mol. The highest BCUT2D eigenvalue weighted by molar-refractivity contribution is 6.25. The summed E-state index contributed by atoms with van der Waals surface area (Å²) < 4.78 is 7.19. The first-order valence-electron chi connectivity index (χ1n) is 23.2. The van der Waals surface area contributed by atoms with E-state index < -0.39 is 5.41 Å². The normalized spacial score (nSPS) is 13.1. The van der Waals surface area contributed by atoms with Crippen LogP contribution in [-0.2, 0) is 11.8 Å². The minimum Gasteiger partial charge on any atom is -0.455 e. The SMILES string of the molecule is c1ccc(N(c2ccccc2)c2cc3c4cc(N(c5ccccc5)c5cccc6c5Cc5ccccc5C65c6ccccc6-c6ccccc65)c5ccccc5c4oc3c3ccccc23)cc1. The van der Waals surface area contributed by atoms with Crippen molar-refractivity contribution in [3.8, 4) is 11.1 Å². The highest BCUT2D eigenvalue weighted by atomic mass is 16.3. The lowest BCUT2D eigenvalue weighted by molar-refractivity contribution is 0.676. The van der Waals surface area contributed by atoms with E-state index in [4.69, 9.17) is 4.42 Å². The van der Waals surface area contributed by atoms with Gasteiger partial charge in [-0.25, -0.2) is 0 Å². The Hall–Kier alpha value is -8.66. The summed E-state index contributed by atoms with van der Waals surface area (Å²) in [6.07, 6.45) is 0.802. The third kappa shape index (κ3) is 5.40. The number of rotatable bonds is 6. The van der Waals surface area contributed by atoms with Crippen LogP contribution in [0.5, 0.6) is 0 Å². The molecule has 0 aliphatic heterocycles. The molecule has 0 saturated carbocycles. The van der Waals surface area contributed by atoms with E-state index in [1.165, 1.54) is 50.2 Å². The lowest BCUT2D eigenvalue weighted by atomic mass is 9.61. The Morgan fingerprint density at radius 1 is 0.313 bits per heavy atom. The van der Waals surface area contributed by atoms with Crippen molar-refractivity contribution in [2.45, 2.75) is 11.8 Å². The second kappa shape index (κ2) is 14.7. The van der Waals surface area contributed by atoms with Crippen LogP contribution in [-0.4, -0.2) is 0 Å². The first kappa shape index (κ1) is 37.7. The van der Waals surface area contributed by atoms with Crippen LogP contribution >= 0.6 is 0 Å². The zero-order valence-electron chi connectivity index (χ0n) is 36.6. The van der Waals surface area contributed by atoms with E-state index in [-0.39, 0.29) is 0 Å². The first-order chi connectivity index (χ1) is 33.3. The quantitative estimate of drug-likeness (QED) is 0.166. The van der Waals surface area contributed by atoms with Crippen molar-refractivity contribution in [2.75, 3.05) is 9.80 Å². The molecule has 1 spiro atoms. The Balaban J connectivity index is 1.07. The lowest BCUT2D eigenvalue weighted by Crippen LogP contribution is -2.35. The number of anilines is 6. The minimum absolute atomic E-state index is 0.483. The molecule has 2 aliphatic carbocycles. The molecule has 1 heterocycles. The van der Waals surface area contributed by atoms with Gasteiger partial charge in [0, 0.05) is 55.8 Å². The van der Waals surface area contributed by atoms with Gasteiger partial charge in [-0.1, -0.05) is 188 Å². The van der Waals surface area contributed by atoms with Crippen molar-refractivity contribution in [3.63, 3.8) is 0 Å². The molecular formula is C64H42N2O. The van der Waals surface area contributed by atoms with Crippen LogP contribution in [0.25, 0.3) is 54.6 Å². The summed E-state index contributed by atoms with van der Waals surface area (Å²) in [6.45, 7) is 0. The van der Waals surface area contributed by atoms with Gasteiger partial charge in [0.15, 0.2) is 0 Å². The summed E-state index contributed by atoms with van der Waals surface area (Å²) >= 11 is 0. The molecule has 11 aromatic carbocycles. The van der Waals surface area contributed by atoms with E-state index >= 15 is 0 Å². The van der Waals surface area contributed by atoms with Gasteiger partial charge >= 0.3 is 0 Å². The maximum absolute atomic E-state index is 7.19. The molecule has 0 unspecified atom stereocenters. The summed E-state index contributed by atoms with van der Waals surface area (Å²) in [5.41, 5.74) is 18.6. The predicted molar refractivity (Wildman–Crippen MR) is 278 cm³/mol. The number of fused-ring (bicyclic) bond motifs is 16. The van der Waals surface area contributed by atoms with Crippen LogP contribution in [0.1, 0.15) is 33.4 Å². The third-order valence-electron chi connectivity index (χ3n) is 14.5.